The fourth-order valence-electron chi connectivity index (χ4n) is 2.34. The minimum absolute atomic E-state index is 0.0558. The van der Waals surface area contributed by atoms with Crippen LogP contribution in [0.3, 0.4) is 0 Å². The molecular formula is C17H22N4O2. The number of benzene rings is 1. The Morgan fingerprint density at radius 3 is 2.39 bits per heavy atom. The molecule has 0 aliphatic carbocycles. The minimum atomic E-state index is -0.250. The first-order chi connectivity index (χ1) is 11.1. The van der Waals surface area contributed by atoms with Crippen LogP contribution in [0.1, 0.15) is 24.3 Å². The molecule has 6 heteroatoms. The van der Waals surface area contributed by atoms with E-state index in [1.54, 1.807) is 18.0 Å². The quantitative estimate of drug-likeness (QED) is 0.887. The van der Waals surface area contributed by atoms with Crippen molar-refractivity contribution in [3.8, 4) is 11.3 Å². The first-order valence-electron chi connectivity index (χ1n) is 7.70. The van der Waals surface area contributed by atoms with Crippen LogP contribution >= 0.6 is 0 Å². The number of carbonyl (C=O) groups is 2. The van der Waals surface area contributed by atoms with Gasteiger partial charge >= 0.3 is 0 Å². The van der Waals surface area contributed by atoms with E-state index in [0.717, 1.165) is 5.56 Å². The van der Waals surface area contributed by atoms with Crippen LogP contribution in [0.25, 0.3) is 11.3 Å². The number of nitrogens with one attached hydrogen (secondary N) is 1. The van der Waals surface area contributed by atoms with E-state index in [-0.39, 0.29) is 18.4 Å². The van der Waals surface area contributed by atoms with Crippen molar-refractivity contribution in [1.82, 2.24) is 20.0 Å². The van der Waals surface area contributed by atoms with Gasteiger partial charge in [-0.15, -0.1) is 0 Å². The van der Waals surface area contributed by atoms with Crippen LogP contribution < -0.4 is 0 Å². The molecule has 0 spiro atoms. The van der Waals surface area contributed by atoms with Crippen LogP contribution in [-0.4, -0.2) is 58.5 Å². The molecule has 122 valence electrons. The van der Waals surface area contributed by atoms with Gasteiger partial charge in [-0.2, -0.15) is 5.10 Å². The van der Waals surface area contributed by atoms with Crippen molar-refractivity contribution in [3.05, 3.63) is 42.1 Å². The van der Waals surface area contributed by atoms with Gasteiger partial charge in [-0.05, 0) is 19.9 Å². The molecule has 1 aromatic heterocycles. The van der Waals surface area contributed by atoms with Gasteiger partial charge in [0, 0.05) is 25.7 Å². The van der Waals surface area contributed by atoms with Crippen molar-refractivity contribution in [2.24, 2.45) is 0 Å². The highest BCUT2D eigenvalue weighted by molar-refractivity contribution is 5.95. The zero-order valence-electron chi connectivity index (χ0n) is 13.7. The molecule has 2 rings (SSSR count). The lowest BCUT2D eigenvalue weighted by Crippen LogP contribution is -2.41. The lowest BCUT2D eigenvalue weighted by Gasteiger charge is -2.22. The zero-order valence-corrected chi connectivity index (χ0v) is 13.7. The number of nitrogens with zero attached hydrogens (tertiary/aromatic N) is 3. The van der Waals surface area contributed by atoms with Crippen LogP contribution in [0.15, 0.2) is 36.4 Å². The Kier molecular flexibility index (Phi) is 5.51. The monoisotopic (exact) mass is 314 g/mol. The number of rotatable bonds is 6. The van der Waals surface area contributed by atoms with Crippen LogP contribution in [0.4, 0.5) is 0 Å². The highest BCUT2D eigenvalue weighted by Crippen LogP contribution is 2.17. The summed E-state index contributed by atoms with van der Waals surface area (Å²) in [6, 6.07) is 11.3. The highest BCUT2D eigenvalue weighted by atomic mass is 16.2. The average molecular weight is 314 g/mol. The second-order valence-electron chi connectivity index (χ2n) is 5.26. The van der Waals surface area contributed by atoms with Gasteiger partial charge in [0.05, 0.1) is 12.2 Å². The van der Waals surface area contributed by atoms with E-state index in [9.17, 15) is 9.59 Å². The molecule has 0 aliphatic heterocycles. The summed E-state index contributed by atoms with van der Waals surface area (Å²) in [6.45, 7) is 5.17. The molecule has 0 fully saturated rings. The Balaban J connectivity index is 2.06. The van der Waals surface area contributed by atoms with E-state index in [4.69, 9.17) is 0 Å². The van der Waals surface area contributed by atoms with Gasteiger partial charge in [0.25, 0.3) is 5.91 Å². The van der Waals surface area contributed by atoms with Crippen molar-refractivity contribution in [1.29, 1.82) is 0 Å². The van der Waals surface area contributed by atoms with Crippen LogP contribution in [0.2, 0.25) is 0 Å². The smallest absolute Gasteiger partial charge is 0.272 e. The van der Waals surface area contributed by atoms with Gasteiger partial charge in [-0.3, -0.25) is 14.7 Å². The number of aromatic amines is 1. The van der Waals surface area contributed by atoms with Crippen LogP contribution in [0.5, 0.6) is 0 Å². The van der Waals surface area contributed by atoms with Gasteiger partial charge in [0.15, 0.2) is 0 Å². The molecule has 0 bridgehead atoms. The lowest BCUT2D eigenvalue weighted by molar-refractivity contribution is -0.131. The maximum absolute atomic E-state index is 12.4. The predicted molar refractivity (Wildman–Crippen MR) is 88.9 cm³/mol. The molecule has 1 N–H and O–H groups in total. The Bertz CT molecular complexity index is 662. The van der Waals surface area contributed by atoms with Crippen molar-refractivity contribution in [3.63, 3.8) is 0 Å². The molecule has 6 nitrogen and oxygen atoms in total. The summed E-state index contributed by atoms with van der Waals surface area (Å²) in [5, 5.41) is 6.92. The normalized spacial score (nSPS) is 10.4. The number of H-pyrrole nitrogens is 1. The molecule has 23 heavy (non-hydrogen) atoms. The van der Waals surface area contributed by atoms with E-state index in [2.05, 4.69) is 10.2 Å². The number of amides is 2. The summed E-state index contributed by atoms with van der Waals surface area (Å²) < 4.78 is 0. The van der Waals surface area contributed by atoms with Gasteiger partial charge in [-0.25, -0.2) is 0 Å². The third kappa shape index (κ3) is 3.97. The van der Waals surface area contributed by atoms with E-state index in [1.165, 1.54) is 4.90 Å². The Morgan fingerprint density at radius 2 is 1.78 bits per heavy atom. The standard InChI is InChI=1S/C17H22N4O2/c1-4-21(5-2)16(22)12-20(3)17(23)15-11-14(18-19-15)13-9-7-6-8-10-13/h6-11H,4-5,12H2,1-3H3,(H,18,19). The molecule has 2 aromatic rings. The van der Waals surface area contributed by atoms with Gasteiger partial charge in [0.2, 0.25) is 5.91 Å². The maximum Gasteiger partial charge on any atom is 0.272 e. The first kappa shape index (κ1) is 16.7. The van der Waals surface area contributed by atoms with E-state index in [0.29, 0.717) is 24.5 Å². The molecule has 1 aromatic carbocycles. The Labute approximate surface area is 136 Å². The molecule has 1 heterocycles. The highest BCUT2D eigenvalue weighted by Gasteiger charge is 2.19. The summed E-state index contributed by atoms with van der Waals surface area (Å²) in [7, 11) is 1.62. The van der Waals surface area contributed by atoms with Crippen molar-refractivity contribution in [2.75, 3.05) is 26.7 Å². The van der Waals surface area contributed by atoms with Crippen LogP contribution in [0, 0.1) is 0 Å². The Hall–Kier alpha value is -2.63. The summed E-state index contributed by atoms with van der Waals surface area (Å²) >= 11 is 0. The number of carbonyl (C=O) groups excluding carboxylic acids is 2. The minimum Gasteiger partial charge on any atom is -0.342 e. The molecule has 0 saturated carbocycles. The molecule has 0 unspecified atom stereocenters. The average Bonchev–Trinajstić information content (AvgIpc) is 3.06. The number of hydrogen-bond acceptors (Lipinski definition) is 3. The maximum atomic E-state index is 12.4. The Morgan fingerprint density at radius 1 is 1.13 bits per heavy atom. The number of hydrogen-bond donors (Lipinski definition) is 1. The summed E-state index contributed by atoms with van der Waals surface area (Å²) in [4.78, 5) is 27.6. The molecule has 0 radical (unpaired) electrons. The van der Waals surface area contributed by atoms with E-state index >= 15 is 0 Å². The van der Waals surface area contributed by atoms with Gasteiger partial charge < -0.3 is 9.80 Å². The molecule has 0 saturated heterocycles. The van der Waals surface area contributed by atoms with E-state index in [1.807, 2.05) is 44.2 Å². The summed E-state index contributed by atoms with van der Waals surface area (Å²) in [5.74, 6) is -0.311. The van der Waals surface area contributed by atoms with Crippen molar-refractivity contribution in [2.45, 2.75) is 13.8 Å². The summed E-state index contributed by atoms with van der Waals surface area (Å²) in [6.07, 6.45) is 0. The van der Waals surface area contributed by atoms with Gasteiger partial charge in [-0.1, -0.05) is 30.3 Å². The topological polar surface area (TPSA) is 69.3 Å². The second kappa shape index (κ2) is 7.58. The fourth-order valence-corrected chi connectivity index (χ4v) is 2.34. The van der Waals surface area contributed by atoms with Crippen molar-refractivity contribution < 1.29 is 9.59 Å². The zero-order chi connectivity index (χ0) is 16.8. The fraction of sp³-hybridized carbons (Fsp3) is 0.353. The SMILES string of the molecule is CCN(CC)C(=O)CN(C)C(=O)c1cc(-c2ccccc2)n[nH]1. The number of likely N-dealkylation sites (N-methyl/N-ethyl adjacent to an activating group) is 2. The predicted octanol–water partition coefficient (Wildman–Crippen LogP) is 2.02. The number of aromatic nitrogens is 2. The molecule has 2 amide bonds. The second-order valence-corrected chi connectivity index (χ2v) is 5.26. The molecular weight excluding hydrogens is 292 g/mol. The van der Waals surface area contributed by atoms with Crippen molar-refractivity contribution >= 4 is 11.8 Å². The summed E-state index contributed by atoms with van der Waals surface area (Å²) in [5.41, 5.74) is 2.01. The van der Waals surface area contributed by atoms with E-state index < -0.39 is 0 Å². The van der Waals surface area contributed by atoms with Gasteiger partial charge in [0.1, 0.15) is 5.69 Å². The molecule has 0 aliphatic rings. The lowest BCUT2D eigenvalue weighted by atomic mass is 10.1. The third-order valence-corrected chi connectivity index (χ3v) is 3.71. The van der Waals surface area contributed by atoms with Crippen LogP contribution in [-0.2, 0) is 4.79 Å². The largest absolute Gasteiger partial charge is 0.342 e. The third-order valence-electron chi connectivity index (χ3n) is 3.71. The first-order valence-corrected chi connectivity index (χ1v) is 7.70. The molecule has 0 atom stereocenters.